The number of rotatable bonds is 7. The monoisotopic (exact) mass is 420 g/mol. The van der Waals surface area contributed by atoms with Crippen LogP contribution in [0.5, 0.6) is 0 Å². The first kappa shape index (κ1) is 18.0. The van der Waals surface area contributed by atoms with E-state index in [-0.39, 0.29) is 11.7 Å². The smallest absolute Gasteiger partial charge is 0.220 e. The van der Waals surface area contributed by atoms with Crippen LogP contribution in [0.3, 0.4) is 0 Å². The van der Waals surface area contributed by atoms with E-state index in [0.717, 1.165) is 35.4 Å². The van der Waals surface area contributed by atoms with Gasteiger partial charge in [0.2, 0.25) is 5.91 Å². The molecule has 0 aliphatic rings. The maximum absolute atomic E-state index is 13.3. The van der Waals surface area contributed by atoms with Crippen molar-refractivity contribution in [3.8, 4) is 0 Å². The van der Waals surface area contributed by atoms with Crippen LogP contribution in [0.2, 0.25) is 0 Å². The Morgan fingerprint density at radius 3 is 2.84 bits per heavy atom. The van der Waals surface area contributed by atoms with E-state index in [1.165, 1.54) is 16.8 Å². The molecule has 6 heteroatoms. The van der Waals surface area contributed by atoms with Crippen LogP contribution >= 0.6 is 27.3 Å². The molecule has 0 bridgehead atoms. The van der Waals surface area contributed by atoms with Gasteiger partial charge in [0.05, 0.1) is 15.2 Å². The summed E-state index contributed by atoms with van der Waals surface area (Å²) >= 11 is 4.96. The number of hydrogen-bond acceptors (Lipinski definition) is 3. The highest BCUT2D eigenvalue weighted by Crippen LogP contribution is 2.22. The molecule has 0 saturated carbocycles. The van der Waals surface area contributed by atoms with Gasteiger partial charge in [-0.05, 0) is 55.2 Å². The summed E-state index contributed by atoms with van der Waals surface area (Å²) in [6.07, 6.45) is 3.11. The zero-order valence-electron chi connectivity index (χ0n) is 13.6. The molecule has 3 rings (SSSR count). The van der Waals surface area contributed by atoms with E-state index >= 15 is 0 Å². The molecule has 0 aliphatic carbocycles. The molecule has 0 atom stereocenters. The largest absolute Gasteiger partial charge is 0.352 e. The molecule has 1 amide bonds. The fraction of sp³-hybridized carbons (Fsp3) is 0.263. The zero-order valence-corrected chi connectivity index (χ0v) is 16.0. The van der Waals surface area contributed by atoms with Gasteiger partial charge in [0.1, 0.15) is 5.82 Å². The molecule has 0 spiro atoms. The number of para-hydroxylation sites is 1. The molecule has 3 aromatic rings. The Balaban J connectivity index is 1.39. The fourth-order valence-electron chi connectivity index (χ4n) is 2.59. The normalized spacial score (nSPS) is 11.0. The quantitative estimate of drug-likeness (QED) is 0.531. The molecular formula is C19H18BrFN2OS. The summed E-state index contributed by atoms with van der Waals surface area (Å²) in [5.41, 5.74) is 1.79. The van der Waals surface area contributed by atoms with Crippen LogP contribution in [0.15, 0.2) is 46.9 Å². The van der Waals surface area contributed by atoms with Crippen molar-refractivity contribution in [3.63, 3.8) is 0 Å². The summed E-state index contributed by atoms with van der Waals surface area (Å²) < 4.78 is 15.2. The number of nitrogens with zero attached hydrogens (tertiary/aromatic N) is 1. The molecule has 0 unspecified atom stereocenters. The predicted molar refractivity (Wildman–Crippen MR) is 103 cm³/mol. The number of nitrogens with one attached hydrogen (secondary N) is 1. The van der Waals surface area contributed by atoms with Crippen molar-refractivity contribution in [1.29, 1.82) is 0 Å². The van der Waals surface area contributed by atoms with Crippen LogP contribution in [0, 0.1) is 5.82 Å². The molecule has 0 saturated heterocycles. The molecule has 0 fully saturated rings. The number of benzene rings is 2. The highest BCUT2D eigenvalue weighted by atomic mass is 79.9. The van der Waals surface area contributed by atoms with Gasteiger partial charge in [0, 0.05) is 17.4 Å². The Morgan fingerprint density at radius 1 is 1.20 bits per heavy atom. The highest BCUT2D eigenvalue weighted by Gasteiger charge is 2.06. The number of unbranched alkanes of at least 4 members (excludes halogenated alkanes) is 1. The molecule has 2 aromatic carbocycles. The molecule has 3 nitrogen and oxygen atoms in total. The maximum atomic E-state index is 13.3. The van der Waals surface area contributed by atoms with Crippen molar-refractivity contribution in [1.82, 2.24) is 10.3 Å². The van der Waals surface area contributed by atoms with Gasteiger partial charge in [-0.2, -0.15) is 0 Å². The lowest BCUT2D eigenvalue weighted by molar-refractivity contribution is -0.121. The lowest BCUT2D eigenvalue weighted by atomic mass is 10.2. The zero-order chi connectivity index (χ0) is 17.6. The molecule has 25 heavy (non-hydrogen) atoms. The lowest BCUT2D eigenvalue weighted by Gasteiger charge is -2.06. The Morgan fingerprint density at radius 2 is 2.04 bits per heavy atom. The van der Waals surface area contributed by atoms with Gasteiger partial charge < -0.3 is 5.32 Å². The van der Waals surface area contributed by atoms with Crippen molar-refractivity contribution in [3.05, 3.63) is 63.3 Å². The van der Waals surface area contributed by atoms with Crippen molar-refractivity contribution >= 4 is 43.4 Å². The van der Waals surface area contributed by atoms with Gasteiger partial charge >= 0.3 is 0 Å². The van der Waals surface area contributed by atoms with Gasteiger partial charge in [-0.3, -0.25) is 4.79 Å². The van der Waals surface area contributed by atoms with Gasteiger partial charge in [0.25, 0.3) is 0 Å². The third-order valence-electron chi connectivity index (χ3n) is 3.79. The minimum Gasteiger partial charge on any atom is -0.352 e. The number of carbonyl (C=O) groups is 1. The summed E-state index contributed by atoms with van der Waals surface area (Å²) in [4.78, 5) is 16.5. The molecule has 1 aromatic heterocycles. The Bertz CT molecular complexity index is 827. The lowest BCUT2D eigenvalue weighted by Crippen LogP contribution is -2.22. The molecule has 0 radical (unpaired) electrons. The van der Waals surface area contributed by atoms with Crippen LogP contribution in [-0.4, -0.2) is 10.9 Å². The van der Waals surface area contributed by atoms with Gasteiger partial charge in [-0.25, -0.2) is 9.37 Å². The minimum atomic E-state index is -0.311. The number of hydrogen-bond donors (Lipinski definition) is 1. The molecule has 130 valence electrons. The molecule has 1 heterocycles. The van der Waals surface area contributed by atoms with E-state index < -0.39 is 0 Å². The average molecular weight is 421 g/mol. The summed E-state index contributed by atoms with van der Waals surface area (Å²) in [7, 11) is 0. The first-order valence-corrected chi connectivity index (χ1v) is 9.77. The van der Waals surface area contributed by atoms with E-state index in [1.807, 2.05) is 18.2 Å². The van der Waals surface area contributed by atoms with Crippen LogP contribution in [-0.2, 0) is 17.8 Å². The molecular weight excluding hydrogens is 403 g/mol. The number of aromatic nitrogens is 1. The summed E-state index contributed by atoms with van der Waals surface area (Å²) in [6.45, 7) is 0.340. The first-order valence-electron chi connectivity index (χ1n) is 8.16. The highest BCUT2D eigenvalue weighted by molar-refractivity contribution is 9.10. The number of aryl methyl sites for hydroxylation is 1. The number of amides is 1. The fourth-order valence-corrected chi connectivity index (χ4v) is 4.11. The number of fused-ring (bicyclic) bond motifs is 1. The van der Waals surface area contributed by atoms with Crippen LogP contribution in [0.25, 0.3) is 10.2 Å². The Hall–Kier alpha value is -1.79. The third kappa shape index (κ3) is 5.34. The summed E-state index contributed by atoms with van der Waals surface area (Å²) in [5, 5.41) is 3.95. The summed E-state index contributed by atoms with van der Waals surface area (Å²) in [5.74, 6) is -0.320. The second-order valence-corrected chi connectivity index (χ2v) is 7.87. The molecule has 1 N–H and O–H groups in total. The van der Waals surface area contributed by atoms with Gasteiger partial charge in [-0.15, -0.1) is 11.3 Å². The van der Waals surface area contributed by atoms with Crippen LogP contribution in [0.1, 0.15) is 29.8 Å². The minimum absolute atomic E-state index is 0.00955. The van der Waals surface area contributed by atoms with E-state index in [4.69, 9.17) is 0 Å². The van der Waals surface area contributed by atoms with E-state index in [2.05, 4.69) is 32.3 Å². The van der Waals surface area contributed by atoms with Crippen molar-refractivity contribution in [2.75, 3.05) is 0 Å². The topological polar surface area (TPSA) is 42.0 Å². The SMILES string of the molecule is O=C(CCCCc1nc2ccccc2s1)NCc1cc(F)cc(Br)c1. The van der Waals surface area contributed by atoms with E-state index in [9.17, 15) is 9.18 Å². The standard InChI is InChI=1S/C19H18BrFN2OS/c20-14-9-13(10-15(21)11-14)12-22-18(24)7-3-4-8-19-23-16-5-1-2-6-17(16)25-19/h1-2,5-6,9-11H,3-4,7-8,12H2,(H,22,24). The second kappa shape index (κ2) is 8.54. The number of thiazole rings is 1. The maximum Gasteiger partial charge on any atom is 0.220 e. The predicted octanol–water partition coefficient (Wildman–Crippen LogP) is 5.23. The Kier molecular flexibility index (Phi) is 6.15. The number of halogens is 2. The Labute approximate surface area is 158 Å². The van der Waals surface area contributed by atoms with Gasteiger partial charge in [-0.1, -0.05) is 28.1 Å². The number of carbonyl (C=O) groups excluding carboxylic acids is 1. The van der Waals surface area contributed by atoms with E-state index in [0.29, 0.717) is 17.4 Å². The van der Waals surface area contributed by atoms with Crippen LogP contribution in [0.4, 0.5) is 4.39 Å². The first-order chi connectivity index (χ1) is 12.1. The van der Waals surface area contributed by atoms with Crippen molar-refractivity contribution in [2.24, 2.45) is 0 Å². The van der Waals surface area contributed by atoms with Gasteiger partial charge in [0.15, 0.2) is 0 Å². The second-order valence-electron chi connectivity index (χ2n) is 5.84. The average Bonchev–Trinajstić information content (AvgIpc) is 2.99. The third-order valence-corrected chi connectivity index (χ3v) is 5.35. The molecule has 0 aliphatic heterocycles. The van der Waals surface area contributed by atoms with Crippen molar-refractivity contribution in [2.45, 2.75) is 32.2 Å². The van der Waals surface area contributed by atoms with E-state index in [1.54, 1.807) is 17.4 Å². The van der Waals surface area contributed by atoms with Crippen LogP contribution < -0.4 is 5.32 Å². The summed E-state index contributed by atoms with van der Waals surface area (Å²) in [6, 6.07) is 12.7. The van der Waals surface area contributed by atoms with Crippen molar-refractivity contribution < 1.29 is 9.18 Å².